The van der Waals surface area contributed by atoms with E-state index >= 15 is 0 Å². The van der Waals surface area contributed by atoms with E-state index in [9.17, 15) is 4.79 Å². The van der Waals surface area contributed by atoms with Gasteiger partial charge >= 0.3 is 0 Å². The standard InChI is InChI=1S/C11H10N2O3.C11H12N2O2.C2H6/c1-7-12-13-11(16-7)10(14)8-4-3-5-9(6-8)15-2;1-8-12-13-11(15-8)7-9-4-3-5-10(6-9)14-2;1-2/h3-6H,1-2H3;3-6H,7H2,1-2H3;1-2H3. The number of methoxy groups -OCH3 is 2. The summed E-state index contributed by atoms with van der Waals surface area (Å²) in [5, 5.41) is 15.0. The second kappa shape index (κ2) is 12.7. The number of nitrogens with zero attached hydrogens (tertiary/aromatic N) is 4. The Bertz CT molecular complexity index is 1150. The summed E-state index contributed by atoms with van der Waals surface area (Å²) in [5.41, 5.74) is 1.56. The van der Waals surface area contributed by atoms with Crippen molar-refractivity contribution in [1.29, 1.82) is 0 Å². The average Bonchev–Trinajstić information content (AvgIpc) is 3.48. The molecule has 2 aromatic carbocycles. The lowest BCUT2D eigenvalue weighted by Gasteiger charge is -2.01. The van der Waals surface area contributed by atoms with E-state index in [0.29, 0.717) is 35.4 Å². The highest BCUT2D eigenvalue weighted by Gasteiger charge is 2.16. The molecule has 0 radical (unpaired) electrons. The number of aromatic nitrogens is 4. The van der Waals surface area contributed by atoms with Gasteiger partial charge in [0.1, 0.15) is 11.5 Å². The van der Waals surface area contributed by atoms with E-state index in [2.05, 4.69) is 20.4 Å². The van der Waals surface area contributed by atoms with Gasteiger partial charge in [0.05, 0.1) is 20.6 Å². The number of hydrogen-bond acceptors (Lipinski definition) is 9. The minimum absolute atomic E-state index is 0.00856. The zero-order valence-electron chi connectivity index (χ0n) is 19.7. The molecule has 0 fully saturated rings. The predicted octanol–water partition coefficient (Wildman–Crippen LogP) is 4.62. The minimum Gasteiger partial charge on any atom is -0.497 e. The van der Waals surface area contributed by atoms with Crippen LogP contribution >= 0.6 is 0 Å². The van der Waals surface area contributed by atoms with Crippen molar-refractivity contribution in [3.63, 3.8) is 0 Å². The first-order chi connectivity index (χ1) is 16.0. The van der Waals surface area contributed by atoms with Crippen LogP contribution < -0.4 is 9.47 Å². The van der Waals surface area contributed by atoms with Gasteiger partial charge in [-0.1, -0.05) is 38.1 Å². The van der Waals surface area contributed by atoms with E-state index in [1.165, 1.54) is 0 Å². The van der Waals surface area contributed by atoms with E-state index in [0.717, 1.165) is 11.3 Å². The maximum atomic E-state index is 11.9. The molecule has 9 nitrogen and oxygen atoms in total. The van der Waals surface area contributed by atoms with Crippen molar-refractivity contribution >= 4 is 5.78 Å². The van der Waals surface area contributed by atoms with Crippen molar-refractivity contribution in [2.75, 3.05) is 14.2 Å². The van der Waals surface area contributed by atoms with Gasteiger partial charge in [-0.25, -0.2) is 0 Å². The molecular weight excluding hydrogens is 424 g/mol. The lowest BCUT2D eigenvalue weighted by Crippen LogP contribution is -2.01. The zero-order chi connectivity index (χ0) is 24.2. The highest BCUT2D eigenvalue weighted by molar-refractivity contribution is 6.06. The van der Waals surface area contributed by atoms with Crippen molar-refractivity contribution < 1.29 is 23.1 Å². The summed E-state index contributed by atoms with van der Waals surface area (Å²) in [7, 11) is 3.19. The van der Waals surface area contributed by atoms with Crippen LogP contribution in [0, 0.1) is 13.8 Å². The predicted molar refractivity (Wildman–Crippen MR) is 122 cm³/mol. The number of rotatable bonds is 6. The first kappa shape index (κ1) is 25.3. The Balaban J connectivity index is 0.000000218. The smallest absolute Gasteiger partial charge is 0.289 e. The molecule has 0 unspecified atom stereocenters. The van der Waals surface area contributed by atoms with Crippen LogP contribution in [0.2, 0.25) is 0 Å². The number of ketones is 1. The van der Waals surface area contributed by atoms with Crippen LogP contribution in [-0.4, -0.2) is 40.4 Å². The molecule has 174 valence electrons. The fourth-order valence-electron chi connectivity index (χ4n) is 2.64. The Kier molecular flexibility index (Phi) is 9.76. The van der Waals surface area contributed by atoms with Crippen molar-refractivity contribution in [2.45, 2.75) is 34.1 Å². The quantitative estimate of drug-likeness (QED) is 0.387. The van der Waals surface area contributed by atoms with Gasteiger partial charge in [-0.3, -0.25) is 4.79 Å². The lowest BCUT2D eigenvalue weighted by molar-refractivity contribution is 0.100. The van der Waals surface area contributed by atoms with E-state index < -0.39 is 0 Å². The first-order valence-corrected chi connectivity index (χ1v) is 10.4. The third-order valence-corrected chi connectivity index (χ3v) is 4.11. The molecule has 2 aromatic heterocycles. The second-order valence-electron chi connectivity index (χ2n) is 6.43. The van der Waals surface area contributed by atoms with Crippen molar-refractivity contribution in [1.82, 2.24) is 20.4 Å². The molecule has 4 rings (SSSR count). The Labute approximate surface area is 192 Å². The number of benzene rings is 2. The van der Waals surface area contributed by atoms with Gasteiger partial charge in [-0.2, -0.15) is 0 Å². The summed E-state index contributed by atoms with van der Waals surface area (Å²) < 4.78 is 20.5. The maximum absolute atomic E-state index is 11.9. The van der Waals surface area contributed by atoms with E-state index in [4.69, 9.17) is 18.3 Å². The molecule has 0 saturated carbocycles. The van der Waals surface area contributed by atoms with Gasteiger partial charge < -0.3 is 18.3 Å². The summed E-state index contributed by atoms with van der Waals surface area (Å²) in [6.07, 6.45) is 0.637. The number of hydrogen-bond donors (Lipinski definition) is 0. The highest BCUT2D eigenvalue weighted by Crippen LogP contribution is 2.16. The first-order valence-electron chi connectivity index (χ1n) is 10.4. The molecule has 4 aromatic rings. The summed E-state index contributed by atoms with van der Waals surface area (Å²) in [6.45, 7) is 7.41. The normalized spacial score (nSPS) is 9.76. The van der Waals surface area contributed by atoms with E-state index in [1.807, 2.05) is 38.1 Å². The second-order valence-corrected chi connectivity index (χ2v) is 6.43. The minimum atomic E-state index is -0.306. The summed E-state index contributed by atoms with van der Waals surface area (Å²) in [6, 6.07) is 14.6. The maximum Gasteiger partial charge on any atom is 0.289 e. The van der Waals surface area contributed by atoms with Crippen LogP contribution in [0.5, 0.6) is 11.5 Å². The summed E-state index contributed by atoms with van der Waals surface area (Å²) >= 11 is 0. The molecule has 0 bridgehead atoms. The Morgan fingerprint density at radius 1 is 0.818 bits per heavy atom. The fourth-order valence-corrected chi connectivity index (χ4v) is 2.64. The number of aryl methyl sites for hydroxylation is 2. The van der Waals surface area contributed by atoms with Crippen LogP contribution in [0.15, 0.2) is 57.4 Å². The molecule has 9 heteroatoms. The van der Waals surface area contributed by atoms with E-state index in [1.54, 1.807) is 52.3 Å². The molecular formula is C24H28N4O5. The molecule has 0 spiro atoms. The van der Waals surface area contributed by atoms with Gasteiger partial charge in [0, 0.05) is 19.4 Å². The lowest BCUT2D eigenvalue weighted by atomic mass is 10.1. The molecule has 0 amide bonds. The molecule has 0 aliphatic carbocycles. The topological polar surface area (TPSA) is 113 Å². The summed E-state index contributed by atoms with van der Waals surface area (Å²) in [5.74, 6) is 2.72. The largest absolute Gasteiger partial charge is 0.497 e. The molecule has 0 N–H and O–H groups in total. The van der Waals surface area contributed by atoms with Gasteiger partial charge in [0.15, 0.2) is 0 Å². The van der Waals surface area contributed by atoms with Crippen LogP contribution in [0.25, 0.3) is 0 Å². The molecule has 0 aliphatic heterocycles. The summed E-state index contributed by atoms with van der Waals surface area (Å²) in [4.78, 5) is 11.9. The van der Waals surface area contributed by atoms with Crippen molar-refractivity contribution in [2.24, 2.45) is 0 Å². The molecule has 2 heterocycles. The third-order valence-electron chi connectivity index (χ3n) is 4.11. The number of carbonyl (C=O) groups is 1. The van der Waals surface area contributed by atoms with Crippen molar-refractivity contribution in [3.8, 4) is 11.5 Å². The zero-order valence-corrected chi connectivity index (χ0v) is 19.7. The van der Waals surface area contributed by atoms with Crippen LogP contribution in [0.3, 0.4) is 0 Å². The average molecular weight is 453 g/mol. The Morgan fingerprint density at radius 2 is 1.42 bits per heavy atom. The Morgan fingerprint density at radius 3 is 2.00 bits per heavy atom. The SMILES string of the molecule is CC.COc1cccc(C(=O)c2nnc(C)o2)c1.COc1cccc(Cc2nnc(C)o2)c1. The van der Waals surface area contributed by atoms with Gasteiger partial charge in [0.2, 0.25) is 23.5 Å². The molecule has 0 saturated heterocycles. The van der Waals surface area contributed by atoms with Crippen molar-refractivity contribution in [3.05, 3.63) is 83.2 Å². The fraction of sp³-hybridized carbons (Fsp3) is 0.292. The van der Waals surface area contributed by atoms with Gasteiger partial charge in [0.25, 0.3) is 5.89 Å². The molecule has 0 aliphatic rings. The van der Waals surface area contributed by atoms with Crippen LogP contribution in [0.1, 0.15) is 53.3 Å². The van der Waals surface area contributed by atoms with Crippen LogP contribution in [-0.2, 0) is 6.42 Å². The number of carbonyl (C=O) groups excluding carboxylic acids is 1. The molecule has 0 atom stereocenters. The monoisotopic (exact) mass is 452 g/mol. The van der Waals surface area contributed by atoms with Crippen LogP contribution in [0.4, 0.5) is 0 Å². The number of ether oxygens (including phenoxy) is 2. The van der Waals surface area contributed by atoms with E-state index in [-0.39, 0.29) is 11.7 Å². The molecule has 33 heavy (non-hydrogen) atoms. The van der Waals surface area contributed by atoms with Gasteiger partial charge in [-0.05, 0) is 29.8 Å². The third kappa shape index (κ3) is 7.57. The van der Waals surface area contributed by atoms with Gasteiger partial charge in [-0.15, -0.1) is 20.4 Å². The highest BCUT2D eigenvalue weighted by atomic mass is 16.5. The Hall–Kier alpha value is -4.01.